The molecule has 1 aromatic carbocycles. The van der Waals surface area contributed by atoms with Crippen LogP contribution in [-0.2, 0) is 11.3 Å². The molecule has 3 aliphatic rings. The van der Waals surface area contributed by atoms with Crippen LogP contribution in [0.25, 0.3) is 5.69 Å². The highest BCUT2D eigenvalue weighted by atomic mass is 19.1. The molecule has 0 unspecified atom stereocenters. The first-order chi connectivity index (χ1) is 15.7. The smallest absolute Gasteiger partial charge is 0.148 e. The summed E-state index contributed by atoms with van der Waals surface area (Å²) < 4.78 is 21.8. The van der Waals surface area contributed by atoms with Crippen molar-refractivity contribution in [3.8, 4) is 5.69 Å². The predicted molar refractivity (Wildman–Crippen MR) is 124 cm³/mol. The Kier molecular flexibility index (Phi) is 7.20. The SMILES string of the molecule is Fc1ccccc1-n1cc(CN(CC2CCN(C3CCCC3)CC2)C[C@@H]2CCCO2)cn1. The fraction of sp³-hybridized carbons (Fsp3) is 0.654. The van der Waals surface area contributed by atoms with Gasteiger partial charge in [0.25, 0.3) is 0 Å². The quantitative estimate of drug-likeness (QED) is 0.599. The summed E-state index contributed by atoms with van der Waals surface area (Å²) >= 11 is 0. The first-order valence-corrected chi connectivity index (χ1v) is 12.6. The predicted octanol–water partition coefficient (Wildman–Crippen LogP) is 4.65. The molecule has 0 bridgehead atoms. The van der Waals surface area contributed by atoms with Gasteiger partial charge in [0, 0.05) is 44.0 Å². The van der Waals surface area contributed by atoms with Crippen LogP contribution in [0.5, 0.6) is 0 Å². The van der Waals surface area contributed by atoms with Crippen molar-refractivity contribution in [2.75, 3.05) is 32.8 Å². The molecule has 0 radical (unpaired) electrons. The number of nitrogens with zero attached hydrogens (tertiary/aromatic N) is 4. The second-order valence-electron chi connectivity index (χ2n) is 9.99. The number of hydrogen-bond donors (Lipinski definition) is 0. The Morgan fingerprint density at radius 1 is 1.00 bits per heavy atom. The molecule has 0 N–H and O–H groups in total. The number of benzene rings is 1. The first-order valence-electron chi connectivity index (χ1n) is 12.6. The summed E-state index contributed by atoms with van der Waals surface area (Å²) in [5.74, 6) is 0.503. The second kappa shape index (κ2) is 10.4. The maximum atomic E-state index is 14.2. The van der Waals surface area contributed by atoms with Gasteiger partial charge in [-0.2, -0.15) is 5.10 Å². The van der Waals surface area contributed by atoms with Crippen molar-refractivity contribution in [3.05, 3.63) is 48.0 Å². The van der Waals surface area contributed by atoms with Crippen molar-refractivity contribution in [2.45, 2.75) is 70.1 Å². The molecule has 0 spiro atoms. The number of rotatable bonds is 8. The minimum Gasteiger partial charge on any atom is -0.377 e. The van der Waals surface area contributed by atoms with E-state index in [1.165, 1.54) is 64.1 Å². The molecule has 1 aromatic heterocycles. The van der Waals surface area contributed by atoms with Crippen molar-refractivity contribution >= 4 is 0 Å². The summed E-state index contributed by atoms with van der Waals surface area (Å²) in [4.78, 5) is 5.32. The van der Waals surface area contributed by atoms with Gasteiger partial charge >= 0.3 is 0 Å². The van der Waals surface area contributed by atoms with Crippen LogP contribution in [0.2, 0.25) is 0 Å². The summed E-state index contributed by atoms with van der Waals surface area (Å²) in [6.07, 6.45) is 14.8. The van der Waals surface area contributed by atoms with Gasteiger partial charge in [0.2, 0.25) is 0 Å². The molecule has 6 heteroatoms. The van der Waals surface area contributed by atoms with E-state index in [2.05, 4.69) is 14.9 Å². The lowest BCUT2D eigenvalue weighted by Crippen LogP contribution is -2.43. The number of hydrogen-bond acceptors (Lipinski definition) is 4. The van der Waals surface area contributed by atoms with Gasteiger partial charge in [0.15, 0.2) is 0 Å². The van der Waals surface area contributed by atoms with Crippen LogP contribution in [0.1, 0.15) is 56.9 Å². The molecule has 2 saturated heterocycles. The highest BCUT2D eigenvalue weighted by Gasteiger charge is 2.29. The molecular formula is C26H37FN4O. The largest absolute Gasteiger partial charge is 0.377 e. The number of likely N-dealkylation sites (tertiary alicyclic amines) is 1. The van der Waals surface area contributed by atoms with Crippen LogP contribution in [0.4, 0.5) is 4.39 Å². The lowest BCUT2D eigenvalue weighted by Gasteiger charge is -2.38. The maximum Gasteiger partial charge on any atom is 0.148 e. The average molecular weight is 441 g/mol. The van der Waals surface area contributed by atoms with Gasteiger partial charge < -0.3 is 9.64 Å². The van der Waals surface area contributed by atoms with E-state index in [0.717, 1.165) is 50.2 Å². The molecule has 174 valence electrons. The van der Waals surface area contributed by atoms with E-state index in [0.29, 0.717) is 11.8 Å². The van der Waals surface area contributed by atoms with Crippen LogP contribution < -0.4 is 0 Å². The van der Waals surface area contributed by atoms with Gasteiger partial charge in [-0.1, -0.05) is 25.0 Å². The fourth-order valence-corrected chi connectivity index (χ4v) is 5.88. The monoisotopic (exact) mass is 440 g/mol. The Hall–Kier alpha value is -1.76. The third kappa shape index (κ3) is 5.41. The minimum absolute atomic E-state index is 0.243. The number of para-hydroxylation sites is 1. The lowest BCUT2D eigenvalue weighted by molar-refractivity contribution is 0.0540. The average Bonchev–Trinajstić information content (AvgIpc) is 3.58. The van der Waals surface area contributed by atoms with E-state index in [1.54, 1.807) is 16.8 Å². The van der Waals surface area contributed by atoms with Crippen LogP contribution in [-0.4, -0.2) is 64.5 Å². The Morgan fingerprint density at radius 2 is 1.81 bits per heavy atom. The first kappa shape index (κ1) is 22.1. The van der Waals surface area contributed by atoms with Crippen molar-refractivity contribution in [1.82, 2.24) is 19.6 Å². The van der Waals surface area contributed by atoms with Crippen molar-refractivity contribution in [3.63, 3.8) is 0 Å². The third-order valence-electron chi connectivity index (χ3n) is 7.63. The third-order valence-corrected chi connectivity index (χ3v) is 7.63. The summed E-state index contributed by atoms with van der Waals surface area (Å²) in [6, 6.07) is 7.67. The van der Waals surface area contributed by atoms with Crippen molar-refractivity contribution in [1.29, 1.82) is 0 Å². The van der Waals surface area contributed by atoms with Crippen LogP contribution in [0, 0.1) is 11.7 Å². The van der Waals surface area contributed by atoms with E-state index in [4.69, 9.17) is 4.74 Å². The van der Waals surface area contributed by atoms with E-state index >= 15 is 0 Å². The van der Waals surface area contributed by atoms with Crippen molar-refractivity contribution < 1.29 is 9.13 Å². The molecule has 2 aliphatic heterocycles. The fourth-order valence-electron chi connectivity index (χ4n) is 5.88. The van der Waals surface area contributed by atoms with Gasteiger partial charge in [-0.15, -0.1) is 0 Å². The van der Waals surface area contributed by atoms with Crippen molar-refractivity contribution in [2.24, 2.45) is 5.92 Å². The highest BCUT2D eigenvalue weighted by molar-refractivity contribution is 5.32. The number of aromatic nitrogens is 2. The second-order valence-corrected chi connectivity index (χ2v) is 9.99. The summed E-state index contributed by atoms with van der Waals surface area (Å²) in [5, 5.41) is 4.45. The number of ether oxygens (including phenoxy) is 1. The van der Waals surface area contributed by atoms with E-state index in [9.17, 15) is 4.39 Å². The van der Waals surface area contributed by atoms with E-state index < -0.39 is 0 Å². The molecular weight excluding hydrogens is 403 g/mol. The zero-order valence-electron chi connectivity index (χ0n) is 19.2. The van der Waals surface area contributed by atoms with Crippen LogP contribution in [0.3, 0.4) is 0 Å². The zero-order chi connectivity index (χ0) is 21.8. The molecule has 5 nitrogen and oxygen atoms in total. The molecule has 3 fully saturated rings. The highest BCUT2D eigenvalue weighted by Crippen LogP contribution is 2.29. The summed E-state index contributed by atoms with van der Waals surface area (Å²) in [6.45, 7) is 6.35. The van der Waals surface area contributed by atoms with Gasteiger partial charge in [-0.25, -0.2) is 9.07 Å². The standard InChI is InChI=1S/C26H37FN4O/c27-25-9-3-4-10-26(25)31-19-22(16-28-31)18-29(20-24-8-5-15-32-24)17-21-11-13-30(14-12-21)23-6-1-2-7-23/h3-4,9-10,16,19,21,23-24H,1-2,5-8,11-15,17-18,20H2/t24-/m0/s1. The molecule has 32 heavy (non-hydrogen) atoms. The zero-order valence-corrected chi connectivity index (χ0v) is 19.2. The van der Waals surface area contributed by atoms with Gasteiger partial charge in [0.05, 0.1) is 12.3 Å². The molecule has 5 rings (SSSR count). The van der Waals surface area contributed by atoms with Gasteiger partial charge in [-0.05, 0) is 69.7 Å². The maximum absolute atomic E-state index is 14.2. The molecule has 1 saturated carbocycles. The summed E-state index contributed by atoms with van der Waals surface area (Å²) in [5.41, 5.74) is 1.64. The Bertz CT molecular complexity index is 851. The van der Waals surface area contributed by atoms with Gasteiger partial charge in [0.1, 0.15) is 11.5 Å². The molecule has 0 amide bonds. The Morgan fingerprint density at radius 3 is 2.56 bits per heavy atom. The molecule has 3 heterocycles. The Balaban J connectivity index is 1.21. The number of halogens is 1. The topological polar surface area (TPSA) is 33.5 Å². The van der Waals surface area contributed by atoms with Gasteiger partial charge in [-0.3, -0.25) is 4.90 Å². The number of piperidine rings is 1. The molecule has 2 aromatic rings. The van der Waals surface area contributed by atoms with Crippen LogP contribution >= 0.6 is 0 Å². The van der Waals surface area contributed by atoms with E-state index in [1.807, 2.05) is 18.5 Å². The minimum atomic E-state index is -0.243. The summed E-state index contributed by atoms with van der Waals surface area (Å²) in [7, 11) is 0. The normalized spacial score (nSPS) is 23.5. The van der Waals surface area contributed by atoms with Crippen LogP contribution in [0.15, 0.2) is 36.7 Å². The molecule has 1 aliphatic carbocycles. The Labute approximate surface area is 191 Å². The van der Waals surface area contributed by atoms with E-state index in [-0.39, 0.29) is 5.82 Å². The lowest BCUT2D eigenvalue weighted by atomic mass is 9.94. The molecule has 1 atom stereocenters.